The minimum absolute atomic E-state index is 0. The van der Waals surface area contributed by atoms with E-state index < -0.39 is 0 Å². The number of benzene rings is 1. The minimum Gasteiger partial charge on any atom is -0.504 e. The summed E-state index contributed by atoms with van der Waals surface area (Å²) in [6, 6.07) is 4.22. The second-order valence-electron chi connectivity index (χ2n) is 5.92. The van der Waals surface area contributed by atoms with E-state index in [1.165, 1.54) is 5.56 Å². The molecule has 5 N–H and O–H groups in total. The Morgan fingerprint density at radius 1 is 0.724 bits per heavy atom. The molecule has 29 heavy (non-hydrogen) atoms. The van der Waals surface area contributed by atoms with Gasteiger partial charge in [0.2, 0.25) is 0 Å². The predicted octanol–water partition coefficient (Wildman–Crippen LogP) is 1.97. The molecule has 0 heterocycles. The van der Waals surface area contributed by atoms with Crippen LogP contribution in [-0.4, -0.2) is 41.2 Å². The van der Waals surface area contributed by atoms with Crippen LogP contribution in [0, 0.1) is 0 Å². The monoisotopic (exact) mass is 882 g/mol. The van der Waals surface area contributed by atoms with Gasteiger partial charge in [0.1, 0.15) is 0 Å². The van der Waals surface area contributed by atoms with Gasteiger partial charge in [0.15, 0.2) is 5.75 Å². The second-order valence-corrected chi connectivity index (χ2v) is 7.38. The van der Waals surface area contributed by atoms with Crippen LogP contribution in [0.15, 0.2) is 12.1 Å². The van der Waals surface area contributed by atoms with Gasteiger partial charge in [-0.25, -0.2) is 0 Å². The van der Waals surface area contributed by atoms with Gasteiger partial charge in [0, 0.05) is 156 Å². The number of nitrogens with zero attached hydrogens (tertiary/aromatic N) is 2. The fourth-order valence-corrected chi connectivity index (χ4v) is 4.04. The summed E-state index contributed by atoms with van der Waals surface area (Å²) in [6.45, 7) is 6.60. The van der Waals surface area contributed by atoms with Crippen molar-refractivity contribution in [2.75, 3.05) is 34.9 Å². The third kappa shape index (κ3) is 17.7. The molecule has 4 radical (unpaired) electrons. The number of hydrogen-bond acceptors (Lipinski definition) is 3. The van der Waals surface area contributed by atoms with E-state index in [9.17, 15) is 5.11 Å². The molecule has 5 nitrogen and oxygen atoms in total. The van der Waals surface area contributed by atoms with Crippen molar-refractivity contribution in [3.05, 3.63) is 17.7 Å². The van der Waals surface area contributed by atoms with Gasteiger partial charge >= 0.3 is 34.1 Å². The Balaban J connectivity index is -0.0000000919. The summed E-state index contributed by atoms with van der Waals surface area (Å²) >= 11 is 0. The van der Waals surface area contributed by atoms with Crippen LogP contribution < -0.4 is 9.80 Å². The fourth-order valence-electron chi connectivity index (χ4n) is 2.06. The molecule has 0 aliphatic carbocycles. The molecule has 0 fully saturated rings. The van der Waals surface area contributed by atoms with Gasteiger partial charge in [-0.15, -0.1) is 37.0 Å². The molecular formula is C14H32Cu2N2O3P4Y4+2. The maximum absolute atomic E-state index is 10.7. The molecule has 0 aliphatic rings. The molecule has 0 amide bonds. The normalized spacial score (nSPS) is 8.38. The Kier molecular flexibility index (Phi) is 53.9. The third-order valence-corrected chi connectivity index (χ3v) is 5.26. The fraction of sp³-hybridized carbons (Fsp3) is 0.571. The number of aromatic hydroxyl groups is 1. The average molecular weight is 883 g/mol. The van der Waals surface area contributed by atoms with Crippen LogP contribution in [0.25, 0.3) is 0 Å². The zero-order chi connectivity index (χ0) is 16.2. The summed E-state index contributed by atoms with van der Waals surface area (Å²) in [5.74, 6) is 0.359. The van der Waals surface area contributed by atoms with Gasteiger partial charge in [-0.1, -0.05) is 20.8 Å². The van der Waals surface area contributed by atoms with Crippen LogP contribution in [0.2, 0.25) is 0 Å². The van der Waals surface area contributed by atoms with Crippen molar-refractivity contribution in [2.24, 2.45) is 0 Å². The summed E-state index contributed by atoms with van der Waals surface area (Å²) in [5, 5.41) is 10.7. The molecule has 0 spiro atoms. The zero-order valence-electron chi connectivity index (χ0n) is 17.0. The van der Waals surface area contributed by atoms with E-state index in [2.05, 4.69) is 79.7 Å². The van der Waals surface area contributed by atoms with Crippen LogP contribution in [0.3, 0.4) is 0 Å². The largest absolute Gasteiger partial charge is 1.00 e. The van der Waals surface area contributed by atoms with Crippen LogP contribution in [0.4, 0.5) is 11.4 Å². The Hall–Kier alpha value is 5.71. The SMILES string of the molecule is CC(C)(C)c1cc(N(CP)CP)c(O)c(N(CP)CP)c1.O.O.[Cu+].[Cu+].[Y].[Y].[Y].[Y]. The van der Waals surface area contributed by atoms with Gasteiger partial charge in [-0.2, -0.15) is 0 Å². The third-order valence-electron chi connectivity index (χ3n) is 3.50. The van der Waals surface area contributed by atoms with Gasteiger partial charge < -0.3 is 25.9 Å². The van der Waals surface area contributed by atoms with Crippen molar-refractivity contribution in [2.45, 2.75) is 26.2 Å². The van der Waals surface area contributed by atoms with Gasteiger partial charge in [-0.05, 0) is 23.1 Å². The van der Waals surface area contributed by atoms with Crippen molar-refractivity contribution in [3.63, 3.8) is 0 Å². The molecule has 1 aromatic carbocycles. The number of phenolic OH excluding ortho intramolecular Hbond substituents is 1. The van der Waals surface area contributed by atoms with Gasteiger partial charge in [0.25, 0.3) is 0 Å². The maximum atomic E-state index is 10.7. The van der Waals surface area contributed by atoms with Gasteiger partial charge in [0.05, 0.1) is 11.4 Å². The van der Waals surface area contributed by atoms with Crippen LogP contribution >= 0.6 is 37.0 Å². The zero-order valence-corrected chi connectivity index (χ0v) is 34.9. The Labute approximate surface area is 308 Å². The molecule has 0 aliphatic heterocycles. The van der Waals surface area contributed by atoms with E-state index >= 15 is 0 Å². The second kappa shape index (κ2) is 28.3. The van der Waals surface area contributed by atoms with Crippen molar-refractivity contribution in [1.82, 2.24) is 0 Å². The maximum Gasteiger partial charge on any atom is 1.00 e. The van der Waals surface area contributed by atoms with Crippen molar-refractivity contribution in [3.8, 4) is 5.75 Å². The Bertz CT molecular complexity index is 469. The molecule has 4 unspecified atom stereocenters. The van der Waals surface area contributed by atoms with E-state index in [-0.39, 0.29) is 181 Å². The number of hydrogen-bond donors (Lipinski definition) is 1. The molecule has 0 aromatic heterocycles. The van der Waals surface area contributed by atoms with E-state index in [1.807, 2.05) is 0 Å². The van der Waals surface area contributed by atoms with Crippen LogP contribution in [0.1, 0.15) is 26.3 Å². The standard InChI is InChI=1S/C14H28N2OP4.2Cu.2H2O.4Y/c1-14(2,3)10-4-11(15(6-18)7-19)13(17)12(5-10)16(8-20)9-21;;;;;;;;/h4-5,17H,6-9,18-21H2,1-3H3;;;2*1H2;;;;/q;2*+1;;;;;;. The first-order chi connectivity index (χ1) is 9.79. The molecule has 4 atom stereocenters. The summed E-state index contributed by atoms with van der Waals surface area (Å²) in [5.41, 5.74) is 3.06. The van der Waals surface area contributed by atoms with E-state index in [0.717, 1.165) is 36.5 Å². The number of phenols is 1. The van der Waals surface area contributed by atoms with Gasteiger partial charge in [-0.3, -0.25) is 0 Å². The molecule has 1 rings (SSSR count). The molecular weight excluding hydrogens is 851 g/mol. The summed E-state index contributed by atoms with van der Waals surface area (Å²) in [6.07, 6.45) is 3.13. The smallest absolute Gasteiger partial charge is 0.504 e. The molecule has 0 bridgehead atoms. The molecule has 0 saturated heterocycles. The molecule has 168 valence electrons. The summed E-state index contributed by atoms with van der Waals surface area (Å²) < 4.78 is 0. The van der Waals surface area contributed by atoms with Crippen LogP contribution in [0.5, 0.6) is 5.75 Å². The molecule has 0 saturated carbocycles. The van der Waals surface area contributed by atoms with E-state index in [1.54, 1.807) is 0 Å². The topological polar surface area (TPSA) is 89.7 Å². The van der Waals surface area contributed by atoms with Crippen molar-refractivity contribution in [1.29, 1.82) is 0 Å². The quantitative estimate of drug-likeness (QED) is 0.351. The number of anilines is 2. The molecule has 15 heteroatoms. The predicted molar refractivity (Wildman–Crippen MR) is 117 cm³/mol. The van der Waals surface area contributed by atoms with E-state index in [0.29, 0.717) is 5.75 Å². The van der Waals surface area contributed by atoms with E-state index in [4.69, 9.17) is 0 Å². The van der Waals surface area contributed by atoms with Crippen molar-refractivity contribution >= 4 is 48.3 Å². The average Bonchev–Trinajstić information content (AvgIpc) is 2.43. The number of rotatable bonds is 6. The Morgan fingerprint density at radius 2 is 0.966 bits per heavy atom. The minimum atomic E-state index is 0. The Morgan fingerprint density at radius 3 is 1.14 bits per heavy atom. The van der Waals surface area contributed by atoms with Crippen LogP contribution in [-0.2, 0) is 170 Å². The summed E-state index contributed by atoms with van der Waals surface area (Å²) in [7, 11) is 10.9. The first-order valence-electron chi connectivity index (χ1n) is 6.97. The first kappa shape index (κ1) is 55.3. The summed E-state index contributed by atoms with van der Waals surface area (Å²) in [4.78, 5) is 4.26. The first-order valence-corrected chi connectivity index (χ1v) is 10.2. The van der Waals surface area contributed by atoms with Crippen molar-refractivity contribution < 1.29 is 181 Å². The molecule has 1 aromatic rings.